The van der Waals surface area contributed by atoms with Crippen molar-refractivity contribution in [3.05, 3.63) is 0 Å². The highest BCUT2D eigenvalue weighted by molar-refractivity contribution is 8.12. The number of hydrogen-bond acceptors (Lipinski definition) is 5. The van der Waals surface area contributed by atoms with Gasteiger partial charge >= 0.3 is 40.9 Å². The minimum Gasteiger partial charge on any atom is -0.263 e. The van der Waals surface area contributed by atoms with Crippen LogP contribution in [0, 0.1) is 0 Å². The summed E-state index contributed by atoms with van der Waals surface area (Å²) in [6.07, 6.45) is 0. The summed E-state index contributed by atoms with van der Waals surface area (Å²) in [5, 5.41) is -3.37. The van der Waals surface area contributed by atoms with Crippen LogP contribution in [-0.4, -0.2) is 43.4 Å². The van der Waals surface area contributed by atoms with Crippen LogP contribution in [0.15, 0.2) is 0 Å². The molecule has 0 atom stereocenters. The van der Waals surface area contributed by atoms with Gasteiger partial charge in [-0.3, -0.25) is 4.79 Å². The fourth-order valence-electron chi connectivity index (χ4n) is 0.773. The van der Waals surface area contributed by atoms with Crippen molar-refractivity contribution in [1.29, 1.82) is 0 Å². The maximum atomic E-state index is 13.5. The fourth-order valence-corrected chi connectivity index (χ4v) is 3.69. The molecule has 6 nitrogen and oxygen atoms in total. The zero-order valence-electron chi connectivity index (χ0n) is 8.71. The van der Waals surface area contributed by atoms with Crippen LogP contribution in [0.2, 0.25) is 0 Å². The highest BCUT2D eigenvalue weighted by Crippen LogP contribution is 2.45. The molecule has 0 rings (SSSR count). The van der Waals surface area contributed by atoms with Crippen molar-refractivity contribution in [2.45, 2.75) is 15.3 Å². The van der Waals surface area contributed by atoms with E-state index in [1.165, 1.54) is 0 Å². The Balaban J connectivity index is 6.88. The summed E-state index contributed by atoms with van der Waals surface area (Å²) in [6, 6.07) is 0. The quantitative estimate of drug-likeness (QED) is 0.543. The van der Waals surface area contributed by atoms with Crippen LogP contribution in [0.4, 0.5) is 39.7 Å². The summed E-state index contributed by atoms with van der Waals surface area (Å²) < 4.78 is 144. The third kappa shape index (κ3) is 2.62. The summed E-state index contributed by atoms with van der Waals surface area (Å²) >= 11 is 0. The van der Waals surface area contributed by atoms with Crippen molar-refractivity contribution in [2.24, 2.45) is 0 Å². The first-order valence-electron chi connectivity index (χ1n) is 3.82. The topological polar surface area (TPSA) is 88.6 Å². The van der Waals surface area contributed by atoms with E-state index in [1.54, 1.807) is 0 Å². The number of amides is 1. The number of rotatable bonds is 3. The molecule has 0 saturated carbocycles. The van der Waals surface area contributed by atoms with Gasteiger partial charge in [0.1, 0.15) is 0 Å². The van der Waals surface area contributed by atoms with E-state index >= 15 is 0 Å². The molecule has 21 heavy (non-hydrogen) atoms. The van der Waals surface area contributed by atoms with E-state index in [-0.39, 0.29) is 0 Å². The van der Waals surface area contributed by atoms with Crippen molar-refractivity contribution < 1.29 is 61.3 Å². The molecule has 0 aromatic carbocycles. The predicted octanol–water partition coefficient (Wildman–Crippen LogP) is 1.08. The smallest absolute Gasteiger partial charge is 0.263 e. The molecule has 17 heteroatoms. The van der Waals surface area contributed by atoms with Gasteiger partial charge in [0.15, 0.2) is 0 Å². The van der Waals surface area contributed by atoms with E-state index in [0.29, 0.717) is 0 Å². The first kappa shape index (κ1) is 19.7. The molecule has 0 saturated heterocycles. The summed E-state index contributed by atoms with van der Waals surface area (Å²) in [4.78, 5) is 10.4. The lowest BCUT2D eigenvalue weighted by molar-refractivity contribution is -0.192. The molecule has 0 aromatic heterocycles. The normalized spacial score (nSPS) is 14.9. The van der Waals surface area contributed by atoms with Gasteiger partial charge in [0.05, 0.1) is 0 Å². The van der Waals surface area contributed by atoms with Crippen LogP contribution in [0.3, 0.4) is 0 Å². The number of hydrogen-bond donors (Lipinski definition) is 0. The van der Waals surface area contributed by atoms with Gasteiger partial charge < -0.3 is 0 Å². The molecule has 0 aliphatic heterocycles. The lowest BCUT2D eigenvalue weighted by Gasteiger charge is -2.24. The van der Waals surface area contributed by atoms with Crippen LogP contribution in [0.5, 0.6) is 0 Å². The van der Waals surface area contributed by atoms with Crippen molar-refractivity contribution in [1.82, 2.24) is 5.34 Å². The van der Waals surface area contributed by atoms with E-state index in [2.05, 4.69) is 0 Å². The number of alkyl halides is 7. The van der Waals surface area contributed by atoms with Crippen LogP contribution in [0.25, 0.3) is 0 Å². The number of sulfone groups is 2. The molecule has 1 amide bonds. The Morgan fingerprint density at radius 3 is 1.10 bits per heavy atom. The summed E-state index contributed by atoms with van der Waals surface area (Å²) in [6.45, 7) is 0. The number of carbonyl (C=O) groups excluding carboxylic acids is 1. The highest BCUT2D eigenvalue weighted by Gasteiger charge is 2.79. The third-order valence-corrected chi connectivity index (χ3v) is 5.98. The van der Waals surface area contributed by atoms with Gasteiger partial charge in [-0.05, 0) is 0 Å². The van der Waals surface area contributed by atoms with Crippen LogP contribution >= 0.6 is 0 Å². The average molecular weight is 377 g/mol. The predicted molar refractivity (Wildman–Crippen MR) is 42.9 cm³/mol. The molecule has 0 radical (unpaired) electrons. The first-order valence-corrected chi connectivity index (χ1v) is 6.79. The monoisotopic (exact) mass is 377 g/mol. The lowest BCUT2D eigenvalue weighted by atomic mass is 10.7. The Kier molecular flexibility index (Phi) is 4.59. The average Bonchev–Trinajstić information content (AvgIpc) is 2.22. The van der Waals surface area contributed by atoms with E-state index < -0.39 is 46.3 Å². The standard InChI is InChI=1S/C4F9NO5S2/c5-2(1(15)14(12)13,20(16,17)3(6,7)8)21(18,19)4(9,10)11. The molecule has 0 aliphatic rings. The lowest BCUT2D eigenvalue weighted by Crippen LogP contribution is -2.60. The molecule has 0 bridgehead atoms. The Morgan fingerprint density at radius 2 is 0.952 bits per heavy atom. The van der Waals surface area contributed by atoms with Crippen LogP contribution in [0.1, 0.15) is 0 Å². The zero-order chi connectivity index (χ0) is 17.7. The second-order valence-electron chi connectivity index (χ2n) is 2.97. The Labute approximate surface area is 108 Å². The summed E-state index contributed by atoms with van der Waals surface area (Å²) in [5.41, 5.74) is -14.2. The maximum Gasteiger partial charge on any atom is 0.502 e. The first-order chi connectivity index (χ1) is 8.85. The van der Waals surface area contributed by atoms with E-state index in [1.807, 2.05) is 0 Å². The molecule has 0 N–H and O–H groups in total. The summed E-state index contributed by atoms with van der Waals surface area (Å²) in [5.74, 6) is -4.39. The van der Waals surface area contributed by atoms with Crippen molar-refractivity contribution in [2.75, 3.05) is 0 Å². The van der Waals surface area contributed by atoms with E-state index in [0.717, 1.165) is 0 Å². The Hall–Kier alpha value is -1.26. The van der Waals surface area contributed by atoms with E-state index in [9.17, 15) is 61.3 Å². The largest absolute Gasteiger partial charge is 0.502 e. The molecule has 0 heterocycles. The van der Waals surface area contributed by atoms with Gasteiger partial charge in [-0.25, -0.2) is 16.8 Å². The van der Waals surface area contributed by atoms with Crippen molar-refractivity contribution in [3.8, 4) is 0 Å². The molecular formula is C4F9NO5S2. The van der Waals surface area contributed by atoms with Crippen molar-refractivity contribution in [3.63, 3.8) is 0 Å². The summed E-state index contributed by atoms with van der Waals surface area (Å²) in [7, 11) is -16.3. The highest BCUT2D eigenvalue weighted by atomic mass is 32.3. The minimum atomic E-state index is -8.17. The molecule has 0 aromatic rings. The van der Waals surface area contributed by atoms with Gasteiger partial charge in [0, 0.05) is 5.34 Å². The molecule has 0 aliphatic carbocycles. The number of carbonyl (C=O) groups is 1. The van der Waals surface area contributed by atoms with Gasteiger partial charge in [-0.2, -0.15) is 30.7 Å². The van der Waals surface area contributed by atoms with Crippen LogP contribution in [-0.2, 0) is 24.5 Å². The minimum absolute atomic E-state index is 3.37. The molecule has 126 valence electrons. The Morgan fingerprint density at radius 1 is 0.714 bits per heavy atom. The van der Waals surface area contributed by atoms with Gasteiger partial charge in [0.2, 0.25) is 0 Å². The van der Waals surface area contributed by atoms with Gasteiger partial charge in [-0.1, -0.05) is 8.96 Å². The molecular weight excluding hydrogens is 377 g/mol. The molecule has 0 fully saturated rings. The number of halogens is 9. The van der Waals surface area contributed by atoms with Gasteiger partial charge in [-0.15, -0.1) is 0 Å². The molecule has 0 spiro atoms. The number of nitrogens with zero attached hydrogens (tertiary/aromatic N) is 1. The Bertz CT molecular complexity index is 584. The zero-order valence-corrected chi connectivity index (χ0v) is 10.3. The van der Waals surface area contributed by atoms with Crippen molar-refractivity contribution >= 4 is 25.6 Å². The SMILES string of the molecule is O=C(N(F)F)C(F)(S(=O)(=O)C(F)(F)F)S(=O)(=O)C(F)(F)F. The third-order valence-electron chi connectivity index (χ3n) is 1.71. The van der Waals surface area contributed by atoms with Gasteiger partial charge in [0.25, 0.3) is 0 Å². The second kappa shape index (κ2) is 4.89. The maximum absolute atomic E-state index is 13.5. The molecule has 0 unspecified atom stereocenters. The van der Waals surface area contributed by atoms with Crippen LogP contribution < -0.4 is 0 Å². The second-order valence-corrected chi connectivity index (χ2v) is 7.30. The fraction of sp³-hybridized carbons (Fsp3) is 0.750. The van der Waals surface area contributed by atoms with E-state index in [4.69, 9.17) is 0 Å².